The topological polar surface area (TPSA) is 107 Å². The van der Waals surface area contributed by atoms with Gasteiger partial charge in [0.1, 0.15) is 35.6 Å². The second-order valence-electron chi connectivity index (χ2n) is 7.39. The number of aromatic nitrogens is 3. The lowest BCUT2D eigenvalue weighted by molar-refractivity contribution is -0.120. The highest BCUT2D eigenvalue weighted by atomic mass is 16.5. The van der Waals surface area contributed by atoms with E-state index in [9.17, 15) is 9.59 Å². The summed E-state index contributed by atoms with van der Waals surface area (Å²) in [6, 6.07) is 15.0. The van der Waals surface area contributed by atoms with Crippen LogP contribution < -0.4 is 19.7 Å². The van der Waals surface area contributed by atoms with Crippen LogP contribution in [0.15, 0.2) is 73.2 Å². The van der Waals surface area contributed by atoms with Crippen LogP contribution in [0.25, 0.3) is 11.0 Å². The van der Waals surface area contributed by atoms with Crippen LogP contribution in [0.5, 0.6) is 17.2 Å². The first kappa shape index (κ1) is 20.4. The number of hydrogen-bond donors (Lipinski definition) is 1. The standard InChI is InChI=1S/C24H19N5O4/c1-29-21-12-17-18(27-10-9-26-17)13-22(21)32-14-20(24(29)31)28-23(30)19-11-16(7-8-25-19)33-15-5-3-2-4-6-15/h2-13,20H,14H2,1H3,(H,28,30). The Balaban J connectivity index is 1.34. The highest BCUT2D eigenvalue weighted by Crippen LogP contribution is 2.33. The number of anilines is 1. The van der Waals surface area contributed by atoms with Gasteiger partial charge in [-0.3, -0.25) is 24.5 Å². The van der Waals surface area contributed by atoms with Crippen LogP contribution in [0.3, 0.4) is 0 Å². The Morgan fingerprint density at radius 1 is 1.00 bits per heavy atom. The van der Waals surface area contributed by atoms with Crippen molar-refractivity contribution >= 4 is 28.5 Å². The lowest BCUT2D eigenvalue weighted by atomic mass is 10.2. The smallest absolute Gasteiger partial charge is 0.270 e. The first-order chi connectivity index (χ1) is 16.1. The fourth-order valence-electron chi connectivity index (χ4n) is 3.51. The van der Waals surface area contributed by atoms with Crippen molar-refractivity contribution in [3.63, 3.8) is 0 Å². The normalized spacial score (nSPS) is 15.4. The molecule has 33 heavy (non-hydrogen) atoms. The fraction of sp³-hybridized carbons (Fsp3) is 0.125. The minimum absolute atomic E-state index is 0.0338. The highest BCUT2D eigenvalue weighted by molar-refractivity contribution is 6.04. The summed E-state index contributed by atoms with van der Waals surface area (Å²) < 4.78 is 11.6. The number of nitrogens with zero attached hydrogens (tertiary/aromatic N) is 4. The molecule has 0 fully saturated rings. The molecule has 2 amide bonds. The van der Waals surface area contributed by atoms with Gasteiger partial charge in [0.05, 0.1) is 16.7 Å². The number of likely N-dealkylation sites (N-methyl/N-ethyl adjacent to an activating group) is 1. The zero-order valence-electron chi connectivity index (χ0n) is 17.6. The first-order valence-corrected chi connectivity index (χ1v) is 10.2. The van der Waals surface area contributed by atoms with Crippen molar-refractivity contribution in [3.05, 3.63) is 78.9 Å². The van der Waals surface area contributed by atoms with E-state index in [1.807, 2.05) is 30.3 Å². The third-order valence-corrected chi connectivity index (χ3v) is 5.19. The molecular formula is C24H19N5O4. The van der Waals surface area contributed by atoms with E-state index in [-0.39, 0.29) is 18.2 Å². The number of rotatable bonds is 4. The molecule has 164 valence electrons. The zero-order valence-corrected chi connectivity index (χ0v) is 17.6. The number of carbonyl (C=O) groups excluding carboxylic acids is 2. The molecular weight excluding hydrogens is 422 g/mol. The SMILES string of the molecule is CN1C(=O)C(NC(=O)c2cc(Oc3ccccc3)ccn2)COc2cc3nccnc3cc21. The summed E-state index contributed by atoms with van der Waals surface area (Å²) in [5, 5.41) is 2.72. The van der Waals surface area contributed by atoms with Crippen molar-refractivity contribution in [2.75, 3.05) is 18.6 Å². The molecule has 3 heterocycles. The van der Waals surface area contributed by atoms with Gasteiger partial charge in [-0.1, -0.05) is 18.2 Å². The molecule has 5 rings (SSSR count). The molecule has 0 aliphatic carbocycles. The Morgan fingerprint density at radius 2 is 1.76 bits per heavy atom. The van der Waals surface area contributed by atoms with Crippen LogP contribution in [-0.4, -0.2) is 46.5 Å². The van der Waals surface area contributed by atoms with E-state index < -0.39 is 11.9 Å². The maximum absolute atomic E-state index is 13.1. The minimum atomic E-state index is -0.903. The molecule has 1 aliphatic rings. The quantitative estimate of drug-likeness (QED) is 0.519. The summed E-state index contributed by atoms with van der Waals surface area (Å²) in [5.74, 6) is 0.761. The number of amides is 2. The first-order valence-electron chi connectivity index (χ1n) is 10.2. The largest absolute Gasteiger partial charge is 0.489 e. The number of pyridine rings is 1. The maximum Gasteiger partial charge on any atom is 0.270 e. The third-order valence-electron chi connectivity index (χ3n) is 5.19. The molecule has 0 radical (unpaired) electrons. The van der Waals surface area contributed by atoms with E-state index in [1.54, 1.807) is 37.6 Å². The van der Waals surface area contributed by atoms with Crippen LogP contribution >= 0.6 is 0 Å². The van der Waals surface area contributed by atoms with Gasteiger partial charge >= 0.3 is 0 Å². The van der Waals surface area contributed by atoms with Crippen molar-refractivity contribution in [2.45, 2.75) is 6.04 Å². The minimum Gasteiger partial charge on any atom is -0.489 e. The molecule has 9 heteroatoms. The van der Waals surface area contributed by atoms with Crippen molar-refractivity contribution in [2.24, 2.45) is 0 Å². The Labute approximate surface area is 189 Å². The average molecular weight is 441 g/mol. The molecule has 0 saturated carbocycles. The summed E-state index contributed by atoms with van der Waals surface area (Å²) in [7, 11) is 1.63. The third kappa shape index (κ3) is 4.16. The molecule has 4 aromatic rings. The van der Waals surface area contributed by atoms with Gasteiger partial charge in [-0.15, -0.1) is 0 Å². The van der Waals surface area contributed by atoms with Crippen molar-refractivity contribution in [3.8, 4) is 17.2 Å². The van der Waals surface area contributed by atoms with Crippen LogP contribution in [0.2, 0.25) is 0 Å². The van der Waals surface area contributed by atoms with Crippen LogP contribution in [-0.2, 0) is 4.79 Å². The van der Waals surface area contributed by atoms with E-state index in [1.165, 1.54) is 17.2 Å². The van der Waals surface area contributed by atoms with Gasteiger partial charge in [-0.2, -0.15) is 0 Å². The molecule has 9 nitrogen and oxygen atoms in total. The van der Waals surface area contributed by atoms with Gasteiger partial charge in [0.15, 0.2) is 0 Å². The molecule has 0 saturated heterocycles. The molecule has 1 N–H and O–H groups in total. The molecule has 1 unspecified atom stereocenters. The predicted octanol–water partition coefficient (Wildman–Crippen LogP) is 2.97. The van der Waals surface area contributed by atoms with Gasteiger partial charge in [0.25, 0.3) is 11.8 Å². The average Bonchev–Trinajstić information content (AvgIpc) is 2.95. The summed E-state index contributed by atoms with van der Waals surface area (Å²) in [6.07, 6.45) is 4.65. The number of benzene rings is 2. The number of fused-ring (bicyclic) bond motifs is 2. The number of para-hydroxylation sites is 1. The zero-order chi connectivity index (χ0) is 22.8. The van der Waals surface area contributed by atoms with E-state index in [4.69, 9.17) is 9.47 Å². The van der Waals surface area contributed by atoms with Crippen LogP contribution in [0, 0.1) is 0 Å². The van der Waals surface area contributed by atoms with Crippen molar-refractivity contribution in [1.82, 2.24) is 20.3 Å². The van der Waals surface area contributed by atoms with Gasteiger partial charge < -0.3 is 19.7 Å². The lowest BCUT2D eigenvalue weighted by Gasteiger charge is -2.20. The highest BCUT2D eigenvalue weighted by Gasteiger charge is 2.31. The molecule has 0 bridgehead atoms. The molecule has 0 spiro atoms. The summed E-state index contributed by atoms with van der Waals surface area (Å²) in [6.45, 7) is -0.0338. The summed E-state index contributed by atoms with van der Waals surface area (Å²) in [4.78, 5) is 40.1. The van der Waals surface area contributed by atoms with E-state index in [0.29, 0.717) is 34.0 Å². The Kier molecular flexibility index (Phi) is 5.27. The maximum atomic E-state index is 13.1. The molecule has 2 aromatic carbocycles. The lowest BCUT2D eigenvalue weighted by Crippen LogP contribution is -2.49. The van der Waals surface area contributed by atoms with Gasteiger partial charge in [-0.05, 0) is 24.3 Å². The Morgan fingerprint density at radius 3 is 2.55 bits per heavy atom. The number of hydrogen-bond acceptors (Lipinski definition) is 7. The van der Waals surface area contributed by atoms with Crippen LogP contribution in [0.4, 0.5) is 5.69 Å². The Bertz CT molecular complexity index is 1350. The van der Waals surface area contributed by atoms with Crippen molar-refractivity contribution < 1.29 is 19.1 Å². The fourth-order valence-corrected chi connectivity index (χ4v) is 3.51. The molecule has 1 atom stereocenters. The van der Waals surface area contributed by atoms with E-state index >= 15 is 0 Å². The number of nitrogens with one attached hydrogen (secondary N) is 1. The summed E-state index contributed by atoms with van der Waals surface area (Å²) in [5.41, 5.74) is 1.97. The van der Waals surface area contributed by atoms with Gasteiger partial charge in [0, 0.05) is 37.8 Å². The monoisotopic (exact) mass is 441 g/mol. The van der Waals surface area contributed by atoms with Crippen molar-refractivity contribution in [1.29, 1.82) is 0 Å². The second kappa shape index (κ2) is 8.54. The number of ether oxygens (including phenoxy) is 2. The predicted molar refractivity (Wildman–Crippen MR) is 120 cm³/mol. The second-order valence-corrected chi connectivity index (χ2v) is 7.39. The van der Waals surface area contributed by atoms with E-state index in [0.717, 1.165) is 0 Å². The van der Waals surface area contributed by atoms with Gasteiger partial charge in [0.2, 0.25) is 0 Å². The van der Waals surface area contributed by atoms with Crippen LogP contribution in [0.1, 0.15) is 10.5 Å². The number of carbonyl (C=O) groups is 2. The van der Waals surface area contributed by atoms with E-state index in [2.05, 4.69) is 20.3 Å². The molecule has 2 aromatic heterocycles. The molecule has 1 aliphatic heterocycles. The summed E-state index contributed by atoms with van der Waals surface area (Å²) >= 11 is 0. The Hall–Kier alpha value is -4.53. The van der Waals surface area contributed by atoms with Gasteiger partial charge in [-0.25, -0.2) is 0 Å².